The zero-order valence-corrected chi connectivity index (χ0v) is 17.5. The van der Waals surface area contributed by atoms with Gasteiger partial charge in [-0.3, -0.25) is 4.98 Å². The summed E-state index contributed by atoms with van der Waals surface area (Å²) in [6, 6.07) is 9.51. The predicted octanol–water partition coefficient (Wildman–Crippen LogP) is 3.30. The third-order valence-electron chi connectivity index (χ3n) is 3.24. The molecule has 0 saturated carbocycles. The SMILES string of the molecule is Cl.Cl.Cl.NCc1ccc(-c2csc(/N=C(\N)NCCc3ccccn3)n2)o1. The summed E-state index contributed by atoms with van der Waals surface area (Å²) >= 11 is 1.40. The molecule has 0 amide bonds. The third-order valence-corrected chi connectivity index (χ3v) is 3.97. The van der Waals surface area contributed by atoms with Crippen LogP contribution in [0.25, 0.3) is 11.5 Å². The maximum atomic E-state index is 5.89. The first-order valence-corrected chi connectivity index (χ1v) is 8.35. The minimum atomic E-state index is 0. The lowest BCUT2D eigenvalue weighted by atomic mass is 10.3. The summed E-state index contributed by atoms with van der Waals surface area (Å²) in [5, 5.41) is 5.50. The van der Waals surface area contributed by atoms with Gasteiger partial charge in [-0.2, -0.15) is 4.99 Å². The molecule has 0 aliphatic carbocycles. The Labute approximate surface area is 179 Å². The van der Waals surface area contributed by atoms with E-state index in [4.69, 9.17) is 15.9 Å². The molecule has 27 heavy (non-hydrogen) atoms. The molecule has 0 radical (unpaired) electrons. The summed E-state index contributed by atoms with van der Waals surface area (Å²) in [6.07, 6.45) is 2.54. The van der Waals surface area contributed by atoms with E-state index in [1.807, 2.05) is 35.7 Å². The maximum Gasteiger partial charge on any atom is 0.212 e. The molecule has 0 aliphatic heterocycles. The van der Waals surface area contributed by atoms with Crippen LogP contribution in [-0.2, 0) is 13.0 Å². The first kappa shape index (κ1) is 25.2. The van der Waals surface area contributed by atoms with E-state index in [1.165, 1.54) is 11.3 Å². The third kappa shape index (κ3) is 7.36. The molecule has 0 atom stereocenters. The number of hydrogen-bond donors (Lipinski definition) is 3. The van der Waals surface area contributed by atoms with Gasteiger partial charge in [0.15, 0.2) is 11.7 Å². The minimum Gasteiger partial charge on any atom is -0.458 e. The maximum absolute atomic E-state index is 5.89. The topological polar surface area (TPSA) is 115 Å². The van der Waals surface area contributed by atoms with E-state index in [1.54, 1.807) is 6.20 Å². The normalized spacial score (nSPS) is 10.3. The summed E-state index contributed by atoms with van der Waals surface area (Å²) in [5.74, 6) is 1.72. The van der Waals surface area contributed by atoms with Crippen molar-refractivity contribution in [3.63, 3.8) is 0 Å². The highest BCUT2D eigenvalue weighted by Crippen LogP contribution is 2.27. The van der Waals surface area contributed by atoms with Crippen molar-refractivity contribution in [2.24, 2.45) is 16.5 Å². The van der Waals surface area contributed by atoms with Crippen LogP contribution >= 0.6 is 48.6 Å². The number of furan rings is 1. The largest absolute Gasteiger partial charge is 0.458 e. The molecule has 0 bridgehead atoms. The number of nitrogens with two attached hydrogens (primary N) is 2. The number of nitrogens with zero attached hydrogens (tertiary/aromatic N) is 3. The smallest absolute Gasteiger partial charge is 0.212 e. The molecule has 3 rings (SSSR count). The Kier molecular flexibility index (Phi) is 11.7. The number of guanidine groups is 1. The van der Waals surface area contributed by atoms with E-state index >= 15 is 0 Å². The molecule has 0 aromatic carbocycles. The first-order chi connectivity index (χ1) is 11.7. The molecule has 7 nitrogen and oxygen atoms in total. The van der Waals surface area contributed by atoms with Crippen LogP contribution in [0.4, 0.5) is 5.13 Å². The van der Waals surface area contributed by atoms with Crippen LogP contribution in [0.2, 0.25) is 0 Å². The Morgan fingerprint density at radius 1 is 1.19 bits per heavy atom. The molecular weight excluding hydrogens is 431 g/mol. The molecule has 3 heterocycles. The van der Waals surface area contributed by atoms with E-state index in [-0.39, 0.29) is 37.2 Å². The Bertz CT molecular complexity index is 824. The fourth-order valence-corrected chi connectivity index (χ4v) is 2.75. The molecule has 148 valence electrons. The number of rotatable bonds is 6. The lowest BCUT2D eigenvalue weighted by molar-refractivity contribution is 0.524. The highest BCUT2D eigenvalue weighted by Gasteiger charge is 2.08. The highest BCUT2D eigenvalue weighted by atomic mass is 35.5. The van der Waals surface area contributed by atoms with Crippen molar-refractivity contribution >= 4 is 59.6 Å². The average Bonchev–Trinajstić information content (AvgIpc) is 3.24. The monoisotopic (exact) mass is 450 g/mol. The number of aliphatic imine (C=N–C) groups is 1. The zero-order valence-electron chi connectivity index (χ0n) is 14.2. The van der Waals surface area contributed by atoms with Crippen molar-refractivity contribution in [2.45, 2.75) is 13.0 Å². The Hall–Kier alpha value is -1.84. The van der Waals surface area contributed by atoms with Crippen molar-refractivity contribution < 1.29 is 4.42 Å². The zero-order chi connectivity index (χ0) is 16.8. The second-order valence-electron chi connectivity index (χ2n) is 4.98. The molecule has 0 spiro atoms. The Morgan fingerprint density at radius 2 is 2.00 bits per heavy atom. The van der Waals surface area contributed by atoms with E-state index < -0.39 is 0 Å². The number of nitrogens with one attached hydrogen (secondary N) is 1. The number of thiazole rings is 1. The van der Waals surface area contributed by atoms with Gasteiger partial charge in [-0.05, 0) is 24.3 Å². The van der Waals surface area contributed by atoms with Gasteiger partial charge in [0.25, 0.3) is 0 Å². The van der Waals surface area contributed by atoms with Crippen LogP contribution in [0, 0.1) is 0 Å². The van der Waals surface area contributed by atoms with Crippen LogP contribution in [0.1, 0.15) is 11.5 Å². The second kappa shape index (κ2) is 12.5. The van der Waals surface area contributed by atoms with Crippen LogP contribution < -0.4 is 16.8 Å². The molecule has 0 unspecified atom stereocenters. The average molecular weight is 452 g/mol. The van der Waals surface area contributed by atoms with Crippen molar-refractivity contribution in [3.8, 4) is 11.5 Å². The van der Waals surface area contributed by atoms with Gasteiger partial charge in [-0.15, -0.1) is 48.6 Å². The summed E-state index contributed by atoms with van der Waals surface area (Å²) in [5.41, 5.74) is 13.2. The van der Waals surface area contributed by atoms with E-state index in [2.05, 4.69) is 20.3 Å². The molecule has 11 heteroatoms. The van der Waals surface area contributed by atoms with Gasteiger partial charge in [-0.25, -0.2) is 4.98 Å². The van der Waals surface area contributed by atoms with Gasteiger partial charge in [-0.1, -0.05) is 6.07 Å². The van der Waals surface area contributed by atoms with Crippen LogP contribution in [0.15, 0.2) is 51.3 Å². The molecule has 0 aliphatic rings. The summed E-state index contributed by atoms with van der Waals surface area (Å²) in [6.45, 7) is 1.02. The van der Waals surface area contributed by atoms with Gasteiger partial charge in [0, 0.05) is 30.2 Å². The second-order valence-corrected chi connectivity index (χ2v) is 5.82. The number of aromatic nitrogens is 2. The Morgan fingerprint density at radius 3 is 2.67 bits per heavy atom. The van der Waals surface area contributed by atoms with E-state index in [0.29, 0.717) is 29.9 Å². The van der Waals surface area contributed by atoms with E-state index in [9.17, 15) is 0 Å². The number of pyridine rings is 1. The summed E-state index contributed by atoms with van der Waals surface area (Å²) in [4.78, 5) is 12.9. The lowest BCUT2D eigenvalue weighted by Crippen LogP contribution is -2.32. The van der Waals surface area contributed by atoms with Crippen molar-refractivity contribution in [1.29, 1.82) is 0 Å². The minimum absolute atomic E-state index is 0. The van der Waals surface area contributed by atoms with Crippen LogP contribution in [0.5, 0.6) is 0 Å². The van der Waals surface area contributed by atoms with Crippen LogP contribution in [0.3, 0.4) is 0 Å². The molecule has 3 aromatic heterocycles. The van der Waals surface area contributed by atoms with Gasteiger partial charge >= 0.3 is 0 Å². The van der Waals surface area contributed by atoms with Crippen molar-refractivity contribution in [1.82, 2.24) is 15.3 Å². The molecular formula is C16H21Cl3N6OS. The number of hydrogen-bond acceptors (Lipinski definition) is 6. The fourth-order valence-electron chi connectivity index (χ4n) is 2.06. The summed E-state index contributed by atoms with van der Waals surface area (Å²) in [7, 11) is 0. The first-order valence-electron chi connectivity index (χ1n) is 7.47. The highest BCUT2D eigenvalue weighted by molar-refractivity contribution is 7.13. The fraction of sp³-hybridized carbons (Fsp3) is 0.188. The predicted molar refractivity (Wildman–Crippen MR) is 117 cm³/mol. The van der Waals surface area contributed by atoms with Gasteiger partial charge in [0.05, 0.1) is 6.54 Å². The van der Waals surface area contributed by atoms with Gasteiger partial charge in [0.1, 0.15) is 11.5 Å². The van der Waals surface area contributed by atoms with E-state index in [0.717, 1.165) is 23.6 Å². The standard InChI is InChI=1S/C16H18N6OS.3ClH/c17-9-12-4-5-14(23-12)13-10-24-16(21-13)22-15(18)20-8-6-11-3-1-2-7-19-11;;;/h1-5,7,10H,6,8-9,17H2,(H3,18,20,21,22);3*1H. The van der Waals surface area contributed by atoms with Crippen LogP contribution in [-0.4, -0.2) is 22.5 Å². The van der Waals surface area contributed by atoms with Gasteiger partial charge < -0.3 is 21.2 Å². The summed E-state index contributed by atoms with van der Waals surface area (Å²) < 4.78 is 5.57. The van der Waals surface area contributed by atoms with Crippen molar-refractivity contribution in [2.75, 3.05) is 6.54 Å². The molecule has 3 aromatic rings. The lowest BCUT2D eigenvalue weighted by Gasteiger charge is -2.04. The molecule has 0 saturated heterocycles. The van der Waals surface area contributed by atoms with Crippen molar-refractivity contribution in [3.05, 3.63) is 53.4 Å². The quantitative estimate of drug-likeness (QED) is 0.391. The van der Waals surface area contributed by atoms with Gasteiger partial charge in [0.2, 0.25) is 5.13 Å². The molecule has 5 N–H and O–H groups in total. The Balaban J connectivity index is 0.00000225. The number of halogens is 3. The molecule has 0 fully saturated rings.